The topological polar surface area (TPSA) is 57.4 Å². The molecule has 0 unspecified atom stereocenters. The number of hydrogen-bond acceptors (Lipinski definition) is 2. The predicted molar refractivity (Wildman–Crippen MR) is 208 cm³/mol. The summed E-state index contributed by atoms with van der Waals surface area (Å²) in [7, 11) is 0. The Morgan fingerprint density at radius 2 is 1.02 bits per heavy atom. The van der Waals surface area contributed by atoms with Crippen LogP contribution in [0.25, 0.3) is 77.2 Å². The van der Waals surface area contributed by atoms with Gasteiger partial charge < -0.3 is 9.13 Å². The van der Waals surface area contributed by atoms with Crippen molar-refractivity contribution in [3.05, 3.63) is 168 Å². The Balaban J connectivity index is 1.30. The fourth-order valence-electron chi connectivity index (χ4n) is 8.73. The van der Waals surface area contributed by atoms with Gasteiger partial charge >= 0.3 is 0 Å². The van der Waals surface area contributed by atoms with Crippen LogP contribution in [0.5, 0.6) is 0 Å². The van der Waals surface area contributed by atoms with Crippen LogP contribution in [0, 0.1) is 22.7 Å². The van der Waals surface area contributed by atoms with Crippen molar-refractivity contribution in [1.29, 1.82) is 10.5 Å². The van der Waals surface area contributed by atoms with Crippen molar-refractivity contribution in [1.82, 2.24) is 9.13 Å². The molecule has 0 fully saturated rings. The number of fused-ring (bicyclic) bond motifs is 9. The summed E-state index contributed by atoms with van der Waals surface area (Å²) in [6, 6.07) is 55.7. The monoisotopic (exact) mass is 650 g/mol. The highest BCUT2D eigenvalue weighted by Gasteiger charge is 2.36. The highest BCUT2D eigenvalue weighted by Crippen LogP contribution is 2.51. The van der Waals surface area contributed by atoms with Gasteiger partial charge in [-0.3, -0.25) is 0 Å². The van der Waals surface area contributed by atoms with E-state index in [-0.39, 0.29) is 5.41 Å². The molecule has 9 aromatic rings. The molecule has 0 N–H and O–H groups in total. The number of rotatable bonds is 3. The van der Waals surface area contributed by atoms with Gasteiger partial charge in [0.05, 0.1) is 44.6 Å². The lowest BCUT2D eigenvalue weighted by molar-refractivity contribution is 0.661. The molecule has 0 atom stereocenters. The number of nitriles is 2. The van der Waals surface area contributed by atoms with Crippen LogP contribution in [0.4, 0.5) is 0 Å². The van der Waals surface area contributed by atoms with Crippen LogP contribution < -0.4 is 0 Å². The summed E-state index contributed by atoms with van der Waals surface area (Å²) in [4.78, 5) is 0. The summed E-state index contributed by atoms with van der Waals surface area (Å²) in [6.45, 7) is 4.59. The van der Waals surface area contributed by atoms with E-state index in [1.54, 1.807) is 0 Å². The molecule has 0 saturated heterocycles. The standard InChI is InChI=1S/C47H30N4/c1-47(2)39-18-8-3-13-31(39)36-26-45-37(25-40(36)47)35-17-7-12-22-44(35)51(45)46-29(27-48)23-24-30(38(46)28-49)32-14-4-9-19-41(32)50-42-20-10-5-15-33(42)34-16-6-11-21-43(34)50/h3-26H,1-2H3. The second-order valence-corrected chi connectivity index (χ2v) is 13.9. The number of nitrogens with zero attached hydrogens (tertiary/aromatic N) is 4. The van der Waals surface area contributed by atoms with Crippen molar-refractivity contribution in [2.75, 3.05) is 0 Å². The molecule has 10 rings (SSSR count). The molecule has 2 heterocycles. The Hall–Kier alpha value is -6.88. The van der Waals surface area contributed by atoms with E-state index in [2.05, 4.69) is 150 Å². The van der Waals surface area contributed by atoms with Crippen LogP contribution >= 0.6 is 0 Å². The van der Waals surface area contributed by atoms with Gasteiger partial charge in [0.25, 0.3) is 0 Å². The minimum atomic E-state index is -0.157. The number of aromatic nitrogens is 2. The van der Waals surface area contributed by atoms with E-state index >= 15 is 0 Å². The van der Waals surface area contributed by atoms with Crippen molar-refractivity contribution >= 4 is 43.6 Å². The van der Waals surface area contributed by atoms with E-state index < -0.39 is 0 Å². The number of benzene rings is 7. The van der Waals surface area contributed by atoms with E-state index in [1.807, 2.05) is 30.3 Å². The Morgan fingerprint density at radius 3 is 1.69 bits per heavy atom. The van der Waals surface area contributed by atoms with Gasteiger partial charge in [0, 0.05) is 38.1 Å². The molecule has 238 valence electrons. The van der Waals surface area contributed by atoms with Crippen LogP contribution in [0.1, 0.15) is 36.1 Å². The largest absolute Gasteiger partial charge is 0.309 e. The first-order valence-corrected chi connectivity index (χ1v) is 17.2. The third-order valence-electron chi connectivity index (χ3n) is 11.0. The van der Waals surface area contributed by atoms with Crippen LogP contribution in [-0.4, -0.2) is 9.13 Å². The molecule has 0 bridgehead atoms. The molecule has 2 aromatic heterocycles. The second kappa shape index (κ2) is 10.6. The summed E-state index contributed by atoms with van der Waals surface area (Å²) in [5.41, 5.74) is 13.2. The van der Waals surface area contributed by atoms with Gasteiger partial charge in [-0.15, -0.1) is 0 Å². The summed E-state index contributed by atoms with van der Waals surface area (Å²) in [5.74, 6) is 0. The summed E-state index contributed by atoms with van der Waals surface area (Å²) >= 11 is 0. The van der Waals surface area contributed by atoms with Gasteiger partial charge in [0.15, 0.2) is 0 Å². The maximum Gasteiger partial charge on any atom is 0.102 e. The van der Waals surface area contributed by atoms with Gasteiger partial charge in [-0.2, -0.15) is 10.5 Å². The molecule has 4 nitrogen and oxygen atoms in total. The maximum absolute atomic E-state index is 11.2. The van der Waals surface area contributed by atoms with Gasteiger partial charge in [0.2, 0.25) is 0 Å². The first kappa shape index (κ1) is 29.1. The molecule has 0 radical (unpaired) electrons. The molecule has 0 saturated carbocycles. The van der Waals surface area contributed by atoms with Crippen molar-refractivity contribution in [3.63, 3.8) is 0 Å². The first-order chi connectivity index (χ1) is 25.0. The molecule has 51 heavy (non-hydrogen) atoms. The molecule has 1 aliphatic rings. The lowest BCUT2D eigenvalue weighted by Gasteiger charge is -2.21. The molecular weight excluding hydrogens is 621 g/mol. The van der Waals surface area contributed by atoms with Gasteiger partial charge in [-0.1, -0.05) is 117 Å². The molecule has 1 aliphatic carbocycles. The predicted octanol–water partition coefficient (Wildman–Crippen LogP) is 11.6. The van der Waals surface area contributed by atoms with Gasteiger partial charge in [0.1, 0.15) is 12.1 Å². The van der Waals surface area contributed by atoms with Crippen molar-refractivity contribution in [2.45, 2.75) is 19.3 Å². The van der Waals surface area contributed by atoms with E-state index in [9.17, 15) is 10.5 Å². The van der Waals surface area contributed by atoms with E-state index in [4.69, 9.17) is 0 Å². The zero-order valence-corrected chi connectivity index (χ0v) is 28.1. The Morgan fingerprint density at radius 1 is 0.451 bits per heavy atom. The lowest BCUT2D eigenvalue weighted by Crippen LogP contribution is -2.14. The van der Waals surface area contributed by atoms with Crippen LogP contribution in [-0.2, 0) is 5.41 Å². The Labute approximate surface area is 295 Å². The fraction of sp³-hybridized carbons (Fsp3) is 0.0638. The third-order valence-corrected chi connectivity index (χ3v) is 11.0. The van der Waals surface area contributed by atoms with E-state index in [0.29, 0.717) is 16.8 Å². The average molecular weight is 651 g/mol. The van der Waals surface area contributed by atoms with Crippen molar-refractivity contribution in [2.24, 2.45) is 0 Å². The van der Waals surface area contributed by atoms with Crippen LogP contribution in [0.15, 0.2) is 146 Å². The minimum absolute atomic E-state index is 0.157. The maximum atomic E-state index is 11.2. The van der Waals surface area contributed by atoms with Crippen LogP contribution in [0.3, 0.4) is 0 Å². The van der Waals surface area contributed by atoms with E-state index in [0.717, 1.165) is 49.7 Å². The number of hydrogen-bond donors (Lipinski definition) is 0. The zero-order chi connectivity index (χ0) is 34.4. The average Bonchev–Trinajstić information content (AvgIpc) is 3.76. The normalized spacial score (nSPS) is 13.0. The fourth-order valence-corrected chi connectivity index (χ4v) is 8.73. The van der Waals surface area contributed by atoms with Crippen molar-refractivity contribution < 1.29 is 0 Å². The van der Waals surface area contributed by atoms with Crippen molar-refractivity contribution in [3.8, 4) is 45.8 Å². The number of para-hydroxylation sites is 4. The molecule has 0 amide bonds. The highest BCUT2D eigenvalue weighted by molar-refractivity contribution is 6.12. The second-order valence-electron chi connectivity index (χ2n) is 13.9. The van der Waals surface area contributed by atoms with Gasteiger partial charge in [-0.25, -0.2) is 0 Å². The van der Waals surface area contributed by atoms with E-state index in [1.165, 1.54) is 33.0 Å². The third kappa shape index (κ3) is 3.88. The molecule has 0 aliphatic heterocycles. The summed E-state index contributed by atoms with van der Waals surface area (Å²) in [5, 5.41) is 26.4. The zero-order valence-electron chi connectivity index (χ0n) is 28.1. The Bertz CT molecular complexity index is 2980. The SMILES string of the molecule is CC1(C)c2ccccc2-c2cc3c(cc21)c1ccccc1n3-c1c(C#N)ccc(-c2ccccc2-n2c3ccccc3c3ccccc32)c1C#N. The lowest BCUT2D eigenvalue weighted by atomic mass is 9.82. The minimum Gasteiger partial charge on any atom is -0.309 e. The molecule has 7 aromatic carbocycles. The molecule has 4 heteroatoms. The molecular formula is C47H30N4. The highest BCUT2D eigenvalue weighted by atomic mass is 15.0. The quantitative estimate of drug-likeness (QED) is 0.191. The summed E-state index contributed by atoms with van der Waals surface area (Å²) in [6.07, 6.45) is 0. The van der Waals surface area contributed by atoms with Crippen LogP contribution in [0.2, 0.25) is 0 Å². The van der Waals surface area contributed by atoms with Gasteiger partial charge in [-0.05, 0) is 64.7 Å². The first-order valence-electron chi connectivity index (χ1n) is 17.2. The smallest absolute Gasteiger partial charge is 0.102 e. The molecule has 0 spiro atoms. The Kier molecular flexibility index (Phi) is 6.02. The summed E-state index contributed by atoms with van der Waals surface area (Å²) < 4.78 is 4.45.